The minimum absolute atomic E-state index is 0.0899. The third kappa shape index (κ3) is 8.40. The number of aromatic nitrogens is 1. The Balaban J connectivity index is 2.01. The molecule has 0 aliphatic carbocycles. The first-order valence-corrected chi connectivity index (χ1v) is 11.8. The van der Waals surface area contributed by atoms with Gasteiger partial charge in [0.1, 0.15) is 6.04 Å². The second-order valence-electron chi connectivity index (χ2n) is 9.84. The number of amides is 3. The van der Waals surface area contributed by atoms with Crippen LogP contribution in [0.2, 0.25) is 0 Å². The Morgan fingerprint density at radius 2 is 1.97 bits per heavy atom. The van der Waals surface area contributed by atoms with Gasteiger partial charge in [-0.1, -0.05) is 46.6 Å². The highest BCUT2D eigenvalue weighted by molar-refractivity contribution is 5.89. The van der Waals surface area contributed by atoms with Crippen LogP contribution in [-0.4, -0.2) is 82.0 Å². The number of carbonyl (C=O) groups is 3. The third-order valence-corrected chi connectivity index (χ3v) is 6.02. The SMILES string of the molecule is CCCCC(CN(O)C=O)C(=O)N[C@H](C(=O)N1CCN(Cc2cccnc2)CC1)C(C)(C)C. The Labute approximate surface area is 197 Å². The van der Waals surface area contributed by atoms with E-state index < -0.39 is 17.4 Å². The van der Waals surface area contributed by atoms with Crippen molar-refractivity contribution in [2.75, 3.05) is 32.7 Å². The summed E-state index contributed by atoms with van der Waals surface area (Å²) in [6.07, 6.45) is 6.12. The molecule has 1 saturated heterocycles. The highest BCUT2D eigenvalue weighted by atomic mass is 16.5. The van der Waals surface area contributed by atoms with Gasteiger partial charge in [-0.05, 0) is 23.5 Å². The van der Waals surface area contributed by atoms with Gasteiger partial charge in [-0.2, -0.15) is 0 Å². The highest BCUT2D eigenvalue weighted by Crippen LogP contribution is 2.23. The molecule has 0 spiro atoms. The monoisotopic (exact) mass is 461 g/mol. The van der Waals surface area contributed by atoms with Crippen molar-refractivity contribution in [3.8, 4) is 0 Å². The molecule has 9 nitrogen and oxygen atoms in total. The molecule has 0 radical (unpaired) electrons. The third-order valence-electron chi connectivity index (χ3n) is 6.02. The van der Waals surface area contributed by atoms with E-state index >= 15 is 0 Å². The zero-order valence-electron chi connectivity index (χ0n) is 20.4. The minimum atomic E-state index is -0.692. The second-order valence-corrected chi connectivity index (χ2v) is 9.84. The van der Waals surface area contributed by atoms with E-state index in [1.54, 1.807) is 6.20 Å². The topological polar surface area (TPSA) is 106 Å². The van der Waals surface area contributed by atoms with Crippen LogP contribution >= 0.6 is 0 Å². The molecule has 33 heavy (non-hydrogen) atoms. The molecule has 1 aliphatic heterocycles. The first-order chi connectivity index (χ1) is 15.7. The molecular formula is C24H39N5O4. The van der Waals surface area contributed by atoms with E-state index in [-0.39, 0.29) is 18.4 Å². The highest BCUT2D eigenvalue weighted by Gasteiger charge is 2.38. The number of rotatable bonds is 11. The van der Waals surface area contributed by atoms with Crippen molar-refractivity contribution < 1.29 is 19.6 Å². The Morgan fingerprint density at radius 3 is 2.52 bits per heavy atom. The summed E-state index contributed by atoms with van der Waals surface area (Å²) in [5, 5.41) is 13.0. The van der Waals surface area contributed by atoms with E-state index in [9.17, 15) is 19.6 Å². The number of piperazine rings is 1. The summed E-state index contributed by atoms with van der Waals surface area (Å²) in [5.74, 6) is -0.982. The molecule has 2 heterocycles. The Bertz CT molecular complexity index is 760. The van der Waals surface area contributed by atoms with E-state index in [0.717, 1.165) is 38.0 Å². The zero-order valence-corrected chi connectivity index (χ0v) is 20.4. The predicted octanol–water partition coefficient (Wildman–Crippen LogP) is 1.91. The number of nitrogens with one attached hydrogen (secondary N) is 1. The molecule has 0 aromatic carbocycles. The standard InChI is InChI=1S/C24H39N5O4/c1-5-6-9-20(17-29(33)18-30)22(31)26-21(24(2,3)4)23(32)28-13-11-27(12-14-28)16-19-8-7-10-25-15-19/h7-8,10,15,18,20-21,33H,5-6,9,11-14,16-17H2,1-4H3,(H,26,31)/t20?,21-/m1/s1. The van der Waals surface area contributed by atoms with Gasteiger partial charge in [-0.25, -0.2) is 5.06 Å². The molecule has 2 atom stereocenters. The largest absolute Gasteiger partial charge is 0.344 e. The normalized spacial score (nSPS) is 16.7. The number of nitrogens with zero attached hydrogens (tertiary/aromatic N) is 4. The minimum Gasteiger partial charge on any atom is -0.344 e. The fourth-order valence-corrected chi connectivity index (χ4v) is 3.99. The van der Waals surface area contributed by atoms with Gasteiger partial charge in [-0.3, -0.25) is 29.5 Å². The smallest absolute Gasteiger partial charge is 0.245 e. The Hall–Kier alpha value is -2.52. The number of carbonyl (C=O) groups excluding carboxylic acids is 3. The van der Waals surface area contributed by atoms with Crippen LogP contribution in [0.4, 0.5) is 0 Å². The van der Waals surface area contributed by atoms with E-state index in [0.29, 0.717) is 31.0 Å². The molecule has 1 aliphatic rings. The summed E-state index contributed by atoms with van der Waals surface area (Å²) in [6, 6.07) is 3.27. The lowest BCUT2D eigenvalue weighted by Crippen LogP contribution is -2.59. The van der Waals surface area contributed by atoms with Gasteiger partial charge < -0.3 is 10.2 Å². The predicted molar refractivity (Wildman–Crippen MR) is 125 cm³/mol. The van der Waals surface area contributed by atoms with Crippen molar-refractivity contribution >= 4 is 18.2 Å². The molecule has 9 heteroatoms. The van der Waals surface area contributed by atoms with Crippen LogP contribution in [0, 0.1) is 11.3 Å². The van der Waals surface area contributed by atoms with Crippen molar-refractivity contribution in [3.63, 3.8) is 0 Å². The molecule has 0 saturated carbocycles. The molecule has 0 bridgehead atoms. The van der Waals surface area contributed by atoms with Crippen LogP contribution < -0.4 is 5.32 Å². The van der Waals surface area contributed by atoms with E-state index in [1.807, 2.05) is 50.9 Å². The summed E-state index contributed by atoms with van der Waals surface area (Å²) < 4.78 is 0. The van der Waals surface area contributed by atoms with Gasteiger partial charge in [0.05, 0.1) is 12.5 Å². The lowest BCUT2D eigenvalue weighted by Gasteiger charge is -2.40. The van der Waals surface area contributed by atoms with E-state index in [2.05, 4.69) is 15.2 Å². The molecular weight excluding hydrogens is 422 g/mol. The lowest BCUT2D eigenvalue weighted by molar-refractivity contribution is -0.155. The van der Waals surface area contributed by atoms with Crippen LogP contribution in [0.25, 0.3) is 0 Å². The number of hydroxylamine groups is 2. The average molecular weight is 462 g/mol. The maximum atomic E-state index is 13.4. The van der Waals surface area contributed by atoms with Gasteiger partial charge in [0.15, 0.2) is 0 Å². The maximum Gasteiger partial charge on any atom is 0.245 e. The first-order valence-electron chi connectivity index (χ1n) is 11.8. The van der Waals surface area contributed by atoms with Crippen LogP contribution in [0.1, 0.15) is 52.5 Å². The summed E-state index contributed by atoms with van der Waals surface area (Å²) in [4.78, 5) is 45.6. The molecule has 1 aromatic rings. The Morgan fingerprint density at radius 1 is 1.27 bits per heavy atom. The molecule has 1 unspecified atom stereocenters. The van der Waals surface area contributed by atoms with Gasteiger partial charge >= 0.3 is 0 Å². The molecule has 3 amide bonds. The van der Waals surface area contributed by atoms with Crippen molar-refractivity contribution in [2.45, 2.75) is 59.5 Å². The number of hydrogen-bond acceptors (Lipinski definition) is 6. The summed E-state index contributed by atoms with van der Waals surface area (Å²) >= 11 is 0. The van der Waals surface area contributed by atoms with Crippen molar-refractivity contribution in [2.24, 2.45) is 11.3 Å². The van der Waals surface area contributed by atoms with Crippen molar-refractivity contribution in [3.05, 3.63) is 30.1 Å². The molecule has 2 N–H and O–H groups in total. The van der Waals surface area contributed by atoms with Crippen molar-refractivity contribution in [1.29, 1.82) is 0 Å². The Kier molecular flexibility index (Phi) is 10.2. The van der Waals surface area contributed by atoms with Crippen LogP contribution in [-0.2, 0) is 20.9 Å². The molecule has 1 aromatic heterocycles. The molecule has 184 valence electrons. The summed E-state index contributed by atoms with van der Waals surface area (Å²) in [7, 11) is 0. The second kappa shape index (κ2) is 12.6. The van der Waals surface area contributed by atoms with E-state index in [1.165, 1.54) is 0 Å². The fraction of sp³-hybridized carbons (Fsp3) is 0.667. The lowest BCUT2D eigenvalue weighted by atomic mass is 9.85. The van der Waals surface area contributed by atoms with Crippen LogP contribution in [0.3, 0.4) is 0 Å². The van der Waals surface area contributed by atoms with Gasteiger partial charge in [0, 0.05) is 45.1 Å². The van der Waals surface area contributed by atoms with Crippen LogP contribution in [0.15, 0.2) is 24.5 Å². The summed E-state index contributed by atoms with van der Waals surface area (Å²) in [5.41, 5.74) is 0.654. The maximum absolute atomic E-state index is 13.4. The van der Waals surface area contributed by atoms with Gasteiger partial charge in [0.2, 0.25) is 18.2 Å². The quantitative estimate of drug-likeness (QED) is 0.296. The molecule has 2 rings (SSSR count). The average Bonchev–Trinajstić information content (AvgIpc) is 2.79. The molecule has 1 fully saturated rings. The zero-order chi connectivity index (χ0) is 24.4. The van der Waals surface area contributed by atoms with Crippen LogP contribution in [0.5, 0.6) is 0 Å². The number of pyridine rings is 1. The van der Waals surface area contributed by atoms with Gasteiger partial charge in [-0.15, -0.1) is 0 Å². The first kappa shape index (κ1) is 26.7. The van der Waals surface area contributed by atoms with E-state index in [4.69, 9.17) is 0 Å². The fourth-order valence-electron chi connectivity index (χ4n) is 3.99. The number of hydrogen-bond donors (Lipinski definition) is 2. The van der Waals surface area contributed by atoms with Gasteiger partial charge in [0.25, 0.3) is 0 Å². The van der Waals surface area contributed by atoms with Crippen molar-refractivity contribution in [1.82, 2.24) is 25.2 Å². The number of unbranched alkanes of at least 4 members (excludes halogenated alkanes) is 1. The summed E-state index contributed by atoms with van der Waals surface area (Å²) in [6.45, 7) is 11.2.